The number of nitrogens with two attached hydrogens (primary N) is 1. The van der Waals surface area contributed by atoms with E-state index in [0.717, 1.165) is 24.6 Å². The lowest BCUT2D eigenvalue weighted by atomic mass is 9.92. The van der Waals surface area contributed by atoms with Gasteiger partial charge in [0.05, 0.1) is 0 Å². The third-order valence-corrected chi connectivity index (χ3v) is 5.08. The van der Waals surface area contributed by atoms with Gasteiger partial charge in [-0.25, -0.2) is 0 Å². The molecule has 0 aliphatic heterocycles. The average molecular weight is 403 g/mol. The fraction of sp³-hybridized carbons (Fsp3) is 0.826. The highest BCUT2D eigenvalue weighted by molar-refractivity contribution is 7.28. The Morgan fingerprint density at radius 3 is 1.85 bits per heavy atom. The van der Waals surface area contributed by atoms with Crippen LogP contribution in [0.25, 0.3) is 0 Å². The van der Waals surface area contributed by atoms with E-state index in [1.165, 1.54) is 32.1 Å². The molecular formula is C23H51N2OP. The van der Waals surface area contributed by atoms with Crippen LogP contribution in [0.5, 0.6) is 5.75 Å². The minimum atomic E-state index is 0.481. The molecule has 0 saturated heterocycles. The van der Waals surface area contributed by atoms with Gasteiger partial charge in [0.25, 0.3) is 0 Å². The summed E-state index contributed by atoms with van der Waals surface area (Å²) in [6.45, 7) is 19.8. The van der Waals surface area contributed by atoms with Crippen molar-refractivity contribution in [3.05, 3.63) is 17.2 Å². The molecule has 1 fully saturated rings. The molecule has 2 atom stereocenters. The van der Waals surface area contributed by atoms with Crippen LogP contribution in [0.1, 0.15) is 112 Å². The van der Waals surface area contributed by atoms with Crippen molar-refractivity contribution < 1.29 is 5.11 Å². The standard InChI is InChI=1S/C8H18N2.C8H13OP.C3H8.2C2H6/c1-2-10-8-5-3-7(9)4-6-8;1-3-6(2)7-4-10-5-8(7)9;1-3-2;2*1-2/h7-8,10H,2-6,9H2,1H3;4-6,9-10H,3H2,1-2H3;3H2,1-2H3;2*1-2H3. The van der Waals surface area contributed by atoms with Crippen molar-refractivity contribution in [2.24, 2.45) is 5.73 Å². The van der Waals surface area contributed by atoms with E-state index in [0.29, 0.717) is 25.9 Å². The quantitative estimate of drug-likeness (QED) is 0.496. The third kappa shape index (κ3) is 17.3. The molecule has 3 nitrogen and oxygen atoms in total. The predicted octanol–water partition coefficient (Wildman–Crippen LogP) is 7.27. The van der Waals surface area contributed by atoms with Gasteiger partial charge in [0.15, 0.2) is 0 Å². The minimum Gasteiger partial charge on any atom is -0.507 e. The van der Waals surface area contributed by atoms with E-state index in [9.17, 15) is 5.11 Å². The first-order valence-electron chi connectivity index (χ1n) is 11.3. The van der Waals surface area contributed by atoms with Crippen LogP contribution in [0, 0.1) is 0 Å². The summed E-state index contributed by atoms with van der Waals surface area (Å²) < 4.78 is 0. The predicted molar refractivity (Wildman–Crippen MR) is 129 cm³/mol. The Kier molecular flexibility index (Phi) is 27.2. The maximum absolute atomic E-state index is 9.29. The van der Waals surface area contributed by atoms with Gasteiger partial charge in [-0.05, 0) is 56.2 Å². The molecule has 1 aromatic rings. The second kappa shape index (κ2) is 23.5. The van der Waals surface area contributed by atoms with Crippen LogP contribution in [0.4, 0.5) is 0 Å². The van der Waals surface area contributed by atoms with Gasteiger partial charge >= 0.3 is 0 Å². The molecule has 1 heterocycles. The van der Waals surface area contributed by atoms with Crippen molar-refractivity contribution in [2.45, 2.75) is 119 Å². The second-order valence-corrected chi connectivity index (χ2v) is 7.39. The summed E-state index contributed by atoms with van der Waals surface area (Å²) in [5.74, 6) is 5.05. The molecule has 1 aliphatic carbocycles. The molecule has 1 aliphatic rings. The van der Waals surface area contributed by atoms with Gasteiger partial charge in [-0.3, -0.25) is 0 Å². The summed E-state index contributed by atoms with van der Waals surface area (Å²) in [6.07, 6.45) is 7.31. The second-order valence-electron chi connectivity index (χ2n) is 6.48. The monoisotopic (exact) mass is 402 g/mol. The number of hydrogen-bond acceptors (Lipinski definition) is 3. The first-order valence-corrected chi connectivity index (χ1v) is 12.5. The zero-order valence-corrected chi connectivity index (χ0v) is 20.9. The van der Waals surface area contributed by atoms with Crippen molar-refractivity contribution in [3.63, 3.8) is 0 Å². The lowest BCUT2D eigenvalue weighted by molar-refractivity contribution is 0.348. The van der Waals surface area contributed by atoms with Crippen molar-refractivity contribution in [2.75, 3.05) is 6.54 Å². The first kappa shape index (κ1) is 31.2. The number of aromatic hydroxyl groups is 1. The summed E-state index contributed by atoms with van der Waals surface area (Å²) in [5, 5.41) is 12.7. The van der Waals surface area contributed by atoms with Crippen LogP contribution in [-0.4, -0.2) is 23.7 Å². The van der Waals surface area contributed by atoms with Gasteiger partial charge in [-0.1, -0.05) is 68.7 Å². The largest absolute Gasteiger partial charge is 0.507 e. The van der Waals surface area contributed by atoms with Gasteiger partial charge < -0.3 is 16.2 Å². The van der Waals surface area contributed by atoms with E-state index in [1.54, 1.807) is 0 Å². The Balaban J connectivity index is -0.000000322. The molecule has 4 heteroatoms. The Morgan fingerprint density at radius 1 is 1.04 bits per heavy atom. The zero-order valence-electron chi connectivity index (χ0n) is 19.9. The first-order chi connectivity index (χ1) is 13.0. The Bertz CT molecular complexity index is 374. The summed E-state index contributed by atoms with van der Waals surface area (Å²) in [5.41, 5.74) is 6.90. The van der Waals surface area contributed by atoms with E-state index in [4.69, 9.17) is 5.73 Å². The van der Waals surface area contributed by atoms with Crippen LogP contribution < -0.4 is 11.1 Å². The third-order valence-electron chi connectivity index (χ3n) is 4.16. The van der Waals surface area contributed by atoms with Crippen molar-refractivity contribution >= 4 is 8.19 Å². The molecule has 0 radical (unpaired) electrons. The Hall–Kier alpha value is -0.500. The molecule has 2 unspecified atom stereocenters. The van der Waals surface area contributed by atoms with Gasteiger partial charge in [-0.15, -0.1) is 8.19 Å². The van der Waals surface area contributed by atoms with Gasteiger partial charge in [0.2, 0.25) is 0 Å². The van der Waals surface area contributed by atoms with E-state index in [2.05, 4.69) is 45.7 Å². The van der Waals surface area contributed by atoms with E-state index in [1.807, 2.05) is 33.5 Å². The van der Waals surface area contributed by atoms with Gasteiger partial charge in [-0.2, -0.15) is 0 Å². The molecule has 0 bridgehead atoms. The molecule has 0 aromatic carbocycles. The molecule has 1 saturated carbocycles. The molecule has 2 rings (SSSR count). The Labute approximate surface area is 173 Å². The number of hydrogen-bond donors (Lipinski definition) is 3. The maximum Gasteiger partial charge on any atom is 0.123 e. The van der Waals surface area contributed by atoms with Crippen molar-refractivity contribution in [1.29, 1.82) is 0 Å². The topological polar surface area (TPSA) is 58.3 Å². The maximum atomic E-state index is 9.29. The molecular weight excluding hydrogens is 351 g/mol. The molecule has 4 N–H and O–H groups in total. The average Bonchev–Trinajstić information content (AvgIpc) is 3.13. The van der Waals surface area contributed by atoms with Crippen LogP contribution in [0.2, 0.25) is 0 Å². The lowest BCUT2D eigenvalue weighted by Gasteiger charge is -2.26. The van der Waals surface area contributed by atoms with E-state index >= 15 is 0 Å². The number of rotatable bonds is 4. The highest BCUT2D eigenvalue weighted by Crippen LogP contribution is 2.32. The molecule has 1 aromatic heterocycles. The normalized spacial score (nSPS) is 19.0. The fourth-order valence-corrected chi connectivity index (χ4v) is 3.61. The summed E-state index contributed by atoms with van der Waals surface area (Å²) in [4.78, 5) is 0. The summed E-state index contributed by atoms with van der Waals surface area (Å²) in [6, 6.07) is 1.24. The highest BCUT2D eigenvalue weighted by Gasteiger charge is 2.16. The minimum absolute atomic E-state index is 0.481. The fourth-order valence-electron chi connectivity index (χ4n) is 2.59. The van der Waals surface area contributed by atoms with Crippen molar-refractivity contribution in [1.82, 2.24) is 5.32 Å². The Morgan fingerprint density at radius 2 is 1.52 bits per heavy atom. The highest BCUT2D eigenvalue weighted by atomic mass is 31.0. The van der Waals surface area contributed by atoms with Gasteiger partial charge in [0, 0.05) is 17.6 Å². The number of nitrogens with one attached hydrogen (secondary N) is 1. The van der Waals surface area contributed by atoms with E-state index < -0.39 is 0 Å². The van der Waals surface area contributed by atoms with Crippen molar-refractivity contribution in [3.8, 4) is 5.75 Å². The lowest BCUT2D eigenvalue weighted by Crippen LogP contribution is -2.37. The van der Waals surface area contributed by atoms with Crippen LogP contribution in [-0.2, 0) is 0 Å². The molecule has 0 amide bonds. The SMILES string of the molecule is CC.CC.CCC.CCC(C)c1c[pH]cc1O.CCNC1CCC(N)CC1. The van der Waals surface area contributed by atoms with Crippen LogP contribution in [0.3, 0.4) is 0 Å². The zero-order chi connectivity index (χ0) is 21.7. The molecule has 164 valence electrons. The van der Waals surface area contributed by atoms with Gasteiger partial charge in [0.1, 0.15) is 5.75 Å². The molecule has 0 spiro atoms. The van der Waals surface area contributed by atoms with E-state index in [-0.39, 0.29) is 0 Å². The summed E-state index contributed by atoms with van der Waals surface area (Å²) in [7, 11) is 0.691. The summed E-state index contributed by atoms with van der Waals surface area (Å²) >= 11 is 0. The van der Waals surface area contributed by atoms with Crippen LogP contribution in [0.15, 0.2) is 11.6 Å². The van der Waals surface area contributed by atoms with Crippen LogP contribution >= 0.6 is 8.19 Å². The molecule has 27 heavy (non-hydrogen) atoms. The smallest absolute Gasteiger partial charge is 0.123 e.